The van der Waals surface area contributed by atoms with Crippen LogP contribution < -0.4 is 9.47 Å². The van der Waals surface area contributed by atoms with E-state index >= 15 is 0 Å². The maximum atomic E-state index is 5.31. The van der Waals surface area contributed by atoms with E-state index in [2.05, 4.69) is 26.5 Å². The fraction of sp³-hybridized carbons (Fsp3) is 0.231. The van der Waals surface area contributed by atoms with Gasteiger partial charge in [0.15, 0.2) is 11.5 Å². The minimum atomic E-state index is 0.313. The Morgan fingerprint density at radius 3 is 2.73 bits per heavy atom. The molecule has 0 aromatic heterocycles. The van der Waals surface area contributed by atoms with Crippen LogP contribution in [0.1, 0.15) is 19.4 Å². The second-order valence-electron chi connectivity index (χ2n) is 3.81. The molecule has 2 heteroatoms. The van der Waals surface area contributed by atoms with Gasteiger partial charge >= 0.3 is 0 Å². The summed E-state index contributed by atoms with van der Waals surface area (Å²) in [6.07, 6.45) is 2.05. The Kier molecular flexibility index (Phi) is 2.50. The lowest BCUT2D eigenvalue weighted by Crippen LogP contribution is -1.92. The highest BCUT2D eigenvalue weighted by molar-refractivity contribution is 5.74. The summed E-state index contributed by atoms with van der Waals surface area (Å²) < 4.78 is 10.6. The van der Waals surface area contributed by atoms with Gasteiger partial charge in [0.05, 0.1) is 0 Å². The van der Waals surface area contributed by atoms with Crippen LogP contribution in [-0.4, -0.2) is 6.79 Å². The standard InChI is InChI=1S/C13H14O2/c1-9(2)6-10(3)11-4-5-12-13(7-11)15-8-14-12/h4-7H,3,8H2,1-2H3. The van der Waals surface area contributed by atoms with Crippen molar-refractivity contribution in [3.05, 3.63) is 42.0 Å². The average molecular weight is 202 g/mol. The van der Waals surface area contributed by atoms with Gasteiger partial charge < -0.3 is 9.47 Å². The molecular weight excluding hydrogens is 188 g/mol. The smallest absolute Gasteiger partial charge is 0.231 e. The molecule has 1 heterocycles. The van der Waals surface area contributed by atoms with E-state index < -0.39 is 0 Å². The molecule has 0 amide bonds. The number of ether oxygens (including phenoxy) is 2. The first-order valence-electron chi connectivity index (χ1n) is 4.90. The second-order valence-corrected chi connectivity index (χ2v) is 3.81. The summed E-state index contributed by atoms with van der Waals surface area (Å²) in [5.41, 5.74) is 3.30. The van der Waals surface area contributed by atoms with Gasteiger partial charge in [-0.25, -0.2) is 0 Å². The third-order valence-electron chi connectivity index (χ3n) is 2.21. The van der Waals surface area contributed by atoms with Gasteiger partial charge in [-0.1, -0.05) is 24.3 Å². The quantitative estimate of drug-likeness (QED) is 0.684. The molecule has 0 unspecified atom stereocenters. The van der Waals surface area contributed by atoms with Gasteiger partial charge in [0.2, 0.25) is 6.79 Å². The Labute approximate surface area is 89.8 Å². The summed E-state index contributed by atoms with van der Waals surface area (Å²) in [5.74, 6) is 1.61. The lowest BCUT2D eigenvalue weighted by Gasteiger charge is -2.03. The second kappa shape index (κ2) is 3.81. The van der Waals surface area contributed by atoms with Crippen LogP contribution in [0.15, 0.2) is 36.4 Å². The van der Waals surface area contributed by atoms with Crippen molar-refractivity contribution in [2.75, 3.05) is 6.79 Å². The molecule has 0 saturated heterocycles. The molecule has 0 spiro atoms. The molecule has 0 bridgehead atoms. The summed E-state index contributed by atoms with van der Waals surface area (Å²) in [5, 5.41) is 0. The van der Waals surface area contributed by atoms with E-state index in [-0.39, 0.29) is 0 Å². The molecule has 0 fully saturated rings. The van der Waals surface area contributed by atoms with Crippen molar-refractivity contribution in [2.45, 2.75) is 13.8 Å². The van der Waals surface area contributed by atoms with Crippen LogP contribution in [0.4, 0.5) is 0 Å². The van der Waals surface area contributed by atoms with E-state index in [4.69, 9.17) is 9.47 Å². The summed E-state index contributed by atoms with van der Waals surface area (Å²) in [7, 11) is 0. The van der Waals surface area contributed by atoms with Crippen LogP contribution in [0.2, 0.25) is 0 Å². The zero-order chi connectivity index (χ0) is 10.8. The fourth-order valence-electron chi connectivity index (χ4n) is 1.53. The highest BCUT2D eigenvalue weighted by Gasteiger charge is 2.13. The van der Waals surface area contributed by atoms with Crippen molar-refractivity contribution in [2.24, 2.45) is 0 Å². The molecule has 1 aromatic rings. The number of hydrogen-bond acceptors (Lipinski definition) is 2. The minimum absolute atomic E-state index is 0.313. The molecule has 15 heavy (non-hydrogen) atoms. The maximum Gasteiger partial charge on any atom is 0.231 e. The Hall–Kier alpha value is -1.70. The molecule has 0 N–H and O–H groups in total. The summed E-state index contributed by atoms with van der Waals surface area (Å²) in [4.78, 5) is 0. The number of benzene rings is 1. The van der Waals surface area contributed by atoms with E-state index in [1.165, 1.54) is 5.57 Å². The predicted molar refractivity (Wildman–Crippen MR) is 61.0 cm³/mol. The van der Waals surface area contributed by atoms with E-state index in [0.29, 0.717) is 6.79 Å². The Bertz CT molecular complexity index is 426. The van der Waals surface area contributed by atoms with Gasteiger partial charge in [-0.05, 0) is 37.1 Å². The Morgan fingerprint density at radius 2 is 2.00 bits per heavy atom. The van der Waals surface area contributed by atoms with Crippen LogP contribution in [0, 0.1) is 0 Å². The van der Waals surface area contributed by atoms with Gasteiger partial charge in [-0.15, -0.1) is 0 Å². The predicted octanol–water partition coefficient (Wildman–Crippen LogP) is 3.39. The van der Waals surface area contributed by atoms with Gasteiger partial charge in [-0.3, -0.25) is 0 Å². The zero-order valence-electron chi connectivity index (χ0n) is 9.04. The molecule has 2 rings (SSSR count). The van der Waals surface area contributed by atoms with E-state index in [1.807, 2.05) is 18.2 Å². The van der Waals surface area contributed by atoms with Gasteiger partial charge in [0, 0.05) is 0 Å². The fourth-order valence-corrected chi connectivity index (χ4v) is 1.53. The van der Waals surface area contributed by atoms with Crippen molar-refractivity contribution in [3.8, 4) is 11.5 Å². The molecule has 1 aliphatic rings. The lowest BCUT2D eigenvalue weighted by molar-refractivity contribution is 0.174. The van der Waals surface area contributed by atoms with Gasteiger partial charge in [-0.2, -0.15) is 0 Å². The summed E-state index contributed by atoms with van der Waals surface area (Å²) in [6.45, 7) is 8.44. The molecule has 0 saturated carbocycles. The van der Waals surface area contributed by atoms with E-state index in [9.17, 15) is 0 Å². The maximum absolute atomic E-state index is 5.31. The number of hydrogen-bond donors (Lipinski definition) is 0. The van der Waals surface area contributed by atoms with Crippen molar-refractivity contribution in [1.29, 1.82) is 0 Å². The highest BCUT2D eigenvalue weighted by Crippen LogP contribution is 2.34. The summed E-state index contributed by atoms with van der Waals surface area (Å²) in [6, 6.07) is 5.88. The molecule has 0 aliphatic carbocycles. The monoisotopic (exact) mass is 202 g/mol. The number of allylic oxidation sites excluding steroid dienone is 3. The van der Waals surface area contributed by atoms with Crippen molar-refractivity contribution < 1.29 is 9.47 Å². The molecule has 0 atom stereocenters. The Balaban J connectivity index is 2.31. The number of rotatable bonds is 2. The molecule has 78 valence electrons. The third kappa shape index (κ3) is 2.04. The molecule has 1 aliphatic heterocycles. The largest absolute Gasteiger partial charge is 0.454 e. The topological polar surface area (TPSA) is 18.5 Å². The molecule has 2 nitrogen and oxygen atoms in total. The lowest BCUT2D eigenvalue weighted by atomic mass is 10.0. The normalized spacial score (nSPS) is 12.4. The highest BCUT2D eigenvalue weighted by atomic mass is 16.7. The zero-order valence-corrected chi connectivity index (χ0v) is 9.04. The van der Waals surface area contributed by atoms with E-state index in [1.54, 1.807) is 0 Å². The molecular formula is C13H14O2. The van der Waals surface area contributed by atoms with Gasteiger partial charge in [0.25, 0.3) is 0 Å². The SMILES string of the molecule is C=C(C=C(C)C)c1ccc2c(c1)OCO2. The molecule has 0 radical (unpaired) electrons. The average Bonchev–Trinajstić information content (AvgIpc) is 2.62. The first kappa shape index (κ1) is 9.84. The van der Waals surface area contributed by atoms with Crippen LogP contribution in [0.5, 0.6) is 11.5 Å². The first-order valence-corrected chi connectivity index (χ1v) is 4.90. The van der Waals surface area contributed by atoms with Crippen molar-refractivity contribution in [1.82, 2.24) is 0 Å². The summed E-state index contributed by atoms with van der Waals surface area (Å²) >= 11 is 0. The third-order valence-corrected chi connectivity index (χ3v) is 2.21. The van der Waals surface area contributed by atoms with Crippen LogP contribution in [0.25, 0.3) is 5.57 Å². The van der Waals surface area contributed by atoms with Crippen molar-refractivity contribution in [3.63, 3.8) is 0 Å². The molecule has 1 aromatic carbocycles. The number of fused-ring (bicyclic) bond motifs is 1. The van der Waals surface area contributed by atoms with E-state index in [0.717, 1.165) is 22.6 Å². The van der Waals surface area contributed by atoms with Crippen molar-refractivity contribution >= 4 is 5.57 Å². The van der Waals surface area contributed by atoms with Crippen LogP contribution in [0.3, 0.4) is 0 Å². The Morgan fingerprint density at radius 1 is 1.27 bits per heavy atom. The minimum Gasteiger partial charge on any atom is -0.454 e. The van der Waals surface area contributed by atoms with Crippen LogP contribution >= 0.6 is 0 Å². The van der Waals surface area contributed by atoms with Gasteiger partial charge in [0.1, 0.15) is 0 Å². The first-order chi connectivity index (χ1) is 7.16. The van der Waals surface area contributed by atoms with Crippen LogP contribution in [-0.2, 0) is 0 Å².